The van der Waals surface area contributed by atoms with Gasteiger partial charge in [0.1, 0.15) is 0 Å². The fraction of sp³-hybridized carbons (Fsp3) is 0.545. The van der Waals surface area contributed by atoms with Crippen LogP contribution in [0.15, 0.2) is 36.1 Å². The minimum atomic E-state index is -0.522. The highest BCUT2D eigenvalue weighted by Crippen LogP contribution is 2.32. The summed E-state index contributed by atoms with van der Waals surface area (Å²) in [6.45, 7) is 0. The van der Waals surface area contributed by atoms with Crippen molar-refractivity contribution in [3.05, 3.63) is 41.7 Å². The molecule has 1 aromatic rings. The van der Waals surface area contributed by atoms with Crippen LogP contribution in [0.3, 0.4) is 0 Å². The first-order valence-electron chi connectivity index (χ1n) is 10.1. The van der Waals surface area contributed by atoms with Gasteiger partial charge in [-0.25, -0.2) is 0 Å². The number of aliphatic hydroxyl groups is 1. The average Bonchev–Trinajstić information content (AvgIpc) is 2.86. The molecule has 0 saturated heterocycles. The monoisotopic (exact) mass is 355 g/mol. The summed E-state index contributed by atoms with van der Waals surface area (Å²) < 4.78 is 0. The van der Waals surface area contributed by atoms with Gasteiger partial charge in [0.25, 0.3) is 11.8 Å². The van der Waals surface area contributed by atoms with E-state index < -0.39 is 11.7 Å². The first kappa shape index (κ1) is 18.7. The summed E-state index contributed by atoms with van der Waals surface area (Å²) in [6, 6.07) is 8.91. The number of aliphatic hydroxyl groups excluding tert-OH is 1. The fourth-order valence-electron chi connectivity index (χ4n) is 4.13. The lowest BCUT2D eigenvalue weighted by Gasteiger charge is -2.27. The molecule has 1 aliphatic heterocycles. The van der Waals surface area contributed by atoms with Crippen molar-refractivity contribution in [2.45, 2.75) is 76.7 Å². The molecule has 26 heavy (non-hydrogen) atoms. The second-order valence-electron chi connectivity index (χ2n) is 7.48. The zero-order valence-corrected chi connectivity index (χ0v) is 15.5. The molecule has 0 bridgehead atoms. The summed E-state index contributed by atoms with van der Waals surface area (Å²) in [5.74, 6) is -1.26. The topological polar surface area (TPSA) is 57.6 Å². The van der Waals surface area contributed by atoms with Crippen molar-refractivity contribution < 1.29 is 14.7 Å². The Bertz CT molecular complexity index is 653. The van der Waals surface area contributed by atoms with E-state index in [0.717, 1.165) is 38.5 Å². The van der Waals surface area contributed by atoms with Gasteiger partial charge in [0.2, 0.25) is 0 Å². The van der Waals surface area contributed by atoms with E-state index in [-0.39, 0.29) is 17.5 Å². The van der Waals surface area contributed by atoms with Crippen LogP contribution in [0, 0.1) is 0 Å². The molecule has 2 aliphatic rings. The molecule has 3 rings (SSSR count). The normalized spacial score (nSPS) is 21.6. The van der Waals surface area contributed by atoms with E-state index in [2.05, 4.69) is 0 Å². The van der Waals surface area contributed by atoms with Crippen LogP contribution in [0.25, 0.3) is 5.57 Å². The molecule has 1 N–H and O–H groups in total. The minimum Gasteiger partial charge on any atom is -0.502 e. The summed E-state index contributed by atoms with van der Waals surface area (Å²) in [5.41, 5.74) is 0.765. The van der Waals surface area contributed by atoms with Gasteiger partial charge in [0.05, 0.1) is 5.57 Å². The average molecular weight is 355 g/mol. The number of rotatable bonds is 2. The van der Waals surface area contributed by atoms with Crippen molar-refractivity contribution in [3.63, 3.8) is 0 Å². The highest BCUT2D eigenvalue weighted by molar-refractivity contribution is 6.35. The molecule has 1 aliphatic carbocycles. The van der Waals surface area contributed by atoms with Crippen LogP contribution < -0.4 is 0 Å². The van der Waals surface area contributed by atoms with Crippen LogP contribution in [0.1, 0.15) is 76.2 Å². The number of imide groups is 1. The van der Waals surface area contributed by atoms with Gasteiger partial charge in [-0.2, -0.15) is 0 Å². The number of carbonyl (C=O) groups excluding carboxylic acids is 2. The molecule has 0 radical (unpaired) electrons. The predicted molar refractivity (Wildman–Crippen MR) is 102 cm³/mol. The summed E-state index contributed by atoms with van der Waals surface area (Å²) in [7, 11) is 0. The van der Waals surface area contributed by atoms with E-state index in [1.54, 1.807) is 12.1 Å². The molecule has 0 spiro atoms. The molecule has 140 valence electrons. The Hall–Kier alpha value is -2.10. The summed E-state index contributed by atoms with van der Waals surface area (Å²) in [6.07, 6.45) is 12.4. The second-order valence-corrected chi connectivity index (χ2v) is 7.48. The van der Waals surface area contributed by atoms with Crippen molar-refractivity contribution in [1.29, 1.82) is 0 Å². The van der Waals surface area contributed by atoms with Gasteiger partial charge in [0, 0.05) is 6.04 Å². The van der Waals surface area contributed by atoms with E-state index in [9.17, 15) is 14.7 Å². The van der Waals surface area contributed by atoms with Crippen LogP contribution in [0.2, 0.25) is 0 Å². The highest BCUT2D eigenvalue weighted by atomic mass is 16.3. The molecular weight excluding hydrogens is 326 g/mol. The van der Waals surface area contributed by atoms with Crippen LogP contribution in [-0.4, -0.2) is 27.9 Å². The molecule has 0 aromatic heterocycles. The Labute approximate surface area is 155 Å². The van der Waals surface area contributed by atoms with Crippen molar-refractivity contribution in [2.24, 2.45) is 0 Å². The maximum atomic E-state index is 13.0. The minimum absolute atomic E-state index is 0.0993. The molecule has 2 amide bonds. The zero-order chi connectivity index (χ0) is 18.4. The molecule has 1 heterocycles. The Morgan fingerprint density at radius 2 is 1.23 bits per heavy atom. The lowest BCUT2D eigenvalue weighted by molar-refractivity contribution is -0.141. The summed E-state index contributed by atoms with van der Waals surface area (Å²) in [5, 5.41) is 10.4. The zero-order valence-electron chi connectivity index (χ0n) is 15.5. The number of benzene rings is 1. The molecular formula is C22H29NO3. The third kappa shape index (κ3) is 4.17. The van der Waals surface area contributed by atoms with Crippen LogP contribution in [0.5, 0.6) is 0 Å². The molecule has 4 heteroatoms. The SMILES string of the molecule is O=C1C(O)=C(c2ccccc2)C(=O)N1C1CCCCCCCCCCC1. The molecule has 1 fully saturated rings. The van der Waals surface area contributed by atoms with E-state index in [4.69, 9.17) is 0 Å². The van der Waals surface area contributed by atoms with Gasteiger partial charge in [-0.05, 0) is 18.4 Å². The van der Waals surface area contributed by atoms with Gasteiger partial charge in [0.15, 0.2) is 5.76 Å². The molecule has 1 aromatic carbocycles. The third-order valence-electron chi connectivity index (χ3n) is 5.59. The van der Waals surface area contributed by atoms with E-state index in [0.29, 0.717) is 5.56 Å². The number of carbonyl (C=O) groups is 2. The highest BCUT2D eigenvalue weighted by Gasteiger charge is 2.42. The molecule has 4 nitrogen and oxygen atoms in total. The molecule has 0 unspecified atom stereocenters. The van der Waals surface area contributed by atoms with Crippen molar-refractivity contribution in [1.82, 2.24) is 4.90 Å². The van der Waals surface area contributed by atoms with Crippen molar-refractivity contribution in [2.75, 3.05) is 0 Å². The fourth-order valence-corrected chi connectivity index (χ4v) is 4.13. The lowest BCUT2D eigenvalue weighted by Crippen LogP contribution is -2.41. The smallest absolute Gasteiger partial charge is 0.296 e. The Kier molecular flexibility index (Phi) is 6.48. The van der Waals surface area contributed by atoms with Crippen molar-refractivity contribution >= 4 is 17.4 Å². The van der Waals surface area contributed by atoms with Gasteiger partial charge >= 0.3 is 0 Å². The summed E-state index contributed by atoms with van der Waals surface area (Å²) in [4.78, 5) is 27.0. The number of hydrogen-bond donors (Lipinski definition) is 1. The van der Waals surface area contributed by atoms with Gasteiger partial charge in [-0.15, -0.1) is 0 Å². The van der Waals surface area contributed by atoms with Crippen molar-refractivity contribution in [3.8, 4) is 0 Å². The molecule has 0 atom stereocenters. The Balaban J connectivity index is 1.76. The first-order valence-corrected chi connectivity index (χ1v) is 10.1. The van der Waals surface area contributed by atoms with E-state index in [1.165, 1.54) is 37.0 Å². The van der Waals surface area contributed by atoms with Gasteiger partial charge < -0.3 is 5.11 Å². The van der Waals surface area contributed by atoms with Crippen LogP contribution in [-0.2, 0) is 9.59 Å². The van der Waals surface area contributed by atoms with E-state index >= 15 is 0 Å². The predicted octanol–water partition coefficient (Wildman–Crippen LogP) is 5.00. The Morgan fingerprint density at radius 3 is 1.77 bits per heavy atom. The second kappa shape index (κ2) is 9.02. The maximum Gasteiger partial charge on any atom is 0.296 e. The lowest BCUT2D eigenvalue weighted by atomic mass is 9.96. The number of amides is 2. The quantitative estimate of drug-likeness (QED) is 0.760. The van der Waals surface area contributed by atoms with Crippen LogP contribution >= 0.6 is 0 Å². The van der Waals surface area contributed by atoms with Crippen LogP contribution in [0.4, 0.5) is 0 Å². The number of nitrogens with zero attached hydrogens (tertiary/aromatic N) is 1. The summed E-state index contributed by atoms with van der Waals surface area (Å²) >= 11 is 0. The Morgan fingerprint density at radius 1 is 0.731 bits per heavy atom. The largest absolute Gasteiger partial charge is 0.502 e. The first-order chi connectivity index (χ1) is 12.7. The third-order valence-corrected chi connectivity index (χ3v) is 5.59. The van der Waals surface area contributed by atoms with E-state index in [1.807, 2.05) is 18.2 Å². The maximum absolute atomic E-state index is 13.0. The standard InChI is InChI=1S/C22H29NO3/c24-20-19(17-13-9-8-10-14-17)21(25)23(22(20)26)18-15-11-6-4-2-1-3-5-7-12-16-18/h8-10,13-14,18,24H,1-7,11-12,15-16H2. The number of hydrogen-bond acceptors (Lipinski definition) is 3. The molecule has 1 saturated carbocycles. The van der Waals surface area contributed by atoms with Gasteiger partial charge in [-0.1, -0.05) is 88.1 Å². The van der Waals surface area contributed by atoms with Gasteiger partial charge in [-0.3, -0.25) is 14.5 Å².